The first kappa shape index (κ1) is 17.9. The zero-order valence-corrected chi connectivity index (χ0v) is 13.9. The summed E-state index contributed by atoms with van der Waals surface area (Å²) in [6.45, 7) is 0. The summed E-state index contributed by atoms with van der Waals surface area (Å²) < 4.78 is 27.0. The highest BCUT2D eigenvalue weighted by Crippen LogP contribution is 2.48. The maximum atomic E-state index is 13.8. The van der Waals surface area contributed by atoms with Crippen LogP contribution >= 0.6 is 0 Å². The third kappa shape index (κ3) is 2.82. The molecule has 0 spiro atoms. The van der Waals surface area contributed by atoms with Crippen molar-refractivity contribution in [2.24, 2.45) is 11.1 Å². The van der Waals surface area contributed by atoms with E-state index in [1.54, 1.807) is 12.1 Å². The predicted octanol–water partition coefficient (Wildman–Crippen LogP) is 3.92. The maximum absolute atomic E-state index is 13.8. The highest BCUT2D eigenvalue weighted by Gasteiger charge is 2.47. The molecule has 1 unspecified atom stereocenters. The van der Waals surface area contributed by atoms with Crippen LogP contribution in [0.25, 0.3) is 5.57 Å². The number of benzene rings is 2. The van der Waals surface area contributed by atoms with Gasteiger partial charge in [0.25, 0.3) is 0 Å². The molecule has 2 aromatic carbocycles. The van der Waals surface area contributed by atoms with Crippen LogP contribution in [0.5, 0.6) is 0 Å². The molecule has 6 heteroatoms. The molecule has 2 N–H and O–H groups in total. The molecule has 1 atom stereocenters. The minimum absolute atomic E-state index is 0.0302. The van der Waals surface area contributed by atoms with Crippen LogP contribution in [-0.4, -0.2) is 0 Å². The van der Waals surface area contributed by atoms with Gasteiger partial charge in [0.15, 0.2) is 5.41 Å². The number of hydrogen-bond donors (Lipinski definition) is 1. The quantitative estimate of drug-likeness (QED) is 0.880. The molecule has 2 aromatic rings. The fourth-order valence-corrected chi connectivity index (χ4v) is 3.21. The lowest BCUT2D eigenvalue weighted by Gasteiger charge is -2.33. The van der Waals surface area contributed by atoms with E-state index in [2.05, 4.69) is 0 Å². The van der Waals surface area contributed by atoms with Gasteiger partial charge in [-0.25, -0.2) is 8.78 Å². The summed E-state index contributed by atoms with van der Waals surface area (Å²) in [6.07, 6.45) is 1.55. The van der Waals surface area contributed by atoms with Crippen molar-refractivity contribution in [3.8, 4) is 18.2 Å². The molecular weight excluding hydrogens is 346 g/mol. The zero-order chi connectivity index (χ0) is 19.6. The molecule has 3 rings (SSSR count). The molecule has 0 fully saturated rings. The van der Waals surface area contributed by atoms with Crippen molar-refractivity contribution in [3.05, 3.63) is 88.6 Å². The molecule has 0 heterocycles. The van der Waals surface area contributed by atoms with E-state index >= 15 is 0 Å². The Hall–Kier alpha value is -3.95. The van der Waals surface area contributed by atoms with Crippen molar-refractivity contribution in [1.82, 2.24) is 0 Å². The predicted molar refractivity (Wildman–Crippen MR) is 94.0 cm³/mol. The fraction of sp³-hybridized carbons (Fsp3) is 0.0952. The van der Waals surface area contributed by atoms with Crippen molar-refractivity contribution in [1.29, 1.82) is 15.8 Å². The van der Waals surface area contributed by atoms with E-state index in [0.717, 1.165) is 0 Å². The van der Waals surface area contributed by atoms with Crippen LogP contribution in [0.3, 0.4) is 0 Å². The first-order valence-electron chi connectivity index (χ1n) is 7.93. The van der Waals surface area contributed by atoms with Gasteiger partial charge in [0.2, 0.25) is 0 Å². The van der Waals surface area contributed by atoms with Crippen LogP contribution in [0.15, 0.2) is 65.9 Å². The van der Waals surface area contributed by atoms with E-state index in [9.17, 15) is 24.6 Å². The van der Waals surface area contributed by atoms with Crippen molar-refractivity contribution >= 4 is 5.57 Å². The molecule has 0 aliphatic heterocycles. The lowest BCUT2D eigenvalue weighted by atomic mass is 9.65. The molecule has 0 radical (unpaired) electrons. The van der Waals surface area contributed by atoms with Gasteiger partial charge in [0, 0.05) is 5.92 Å². The highest BCUT2D eigenvalue weighted by atomic mass is 19.1. The Kier molecular flexibility index (Phi) is 4.46. The summed E-state index contributed by atoms with van der Waals surface area (Å²) >= 11 is 0. The average Bonchev–Trinajstić information content (AvgIpc) is 2.68. The Morgan fingerprint density at radius 3 is 2.15 bits per heavy atom. The fourth-order valence-electron chi connectivity index (χ4n) is 3.21. The third-order valence-electron chi connectivity index (χ3n) is 4.59. The second kappa shape index (κ2) is 6.75. The van der Waals surface area contributed by atoms with E-state index < -0.39 is 23.0 Å². The molecule has 0 amide bonds. The van der Waals surface area contributed by atoms with E-state index in [1.807, 2.05) is 18.2 Å². The molecule has 0 aromatic heterocycles. The van der Waals surface area contributed by atoms with Gasteiger partial charge in [0.1, 0.15) is 17.7 Å². The van der Waals surface area contributed by atoms with E-state index in [4.69, 9.17) is 5.73 Å². The van der Waals surface area contributed by atoms with Crippen LogP contribution in [-0.2, 0) is 0 Å². The molecule has 4 nitrogen and oxygen atoms in total. The summed E-state index contributed by atoms with van der Waals surface area (Å²) in [5, 5.41) is 29.1. The van der Waals surface area contributed by atoms with Gasteiger partial charge < -0.3 is 5.73 Å². The standard InChI is InChI=1S/C21H12F2N4/c22-15-6-4-13(5-7-15)17-9-19(14-2-1-3-16(23)8-14)21(11-25,12-26)20(27)18(17)10-24/h1-9,19H,27H2. The van der Waals surface area contributed by atoms with Gasteiger partial charge in [0.05, 0.1) is 23.4 Å². The second-order valence-corrected chi connectivity index (χ2v) is 6.05. The summed E-state index contributed by atoms with van der Waals surface area (Å²) in [5.41, 5.74) is 5.27. The molecule has 27 heavy (non-hydrogen) atoms. The highest BCUT2D eigenvalue weighted by molar-refractivity contribution is 5.87. The number of halogens is 2. The van der Waals surface area contributed by atoms with Crippen molar-refractivity contribution in [2.75, 3.05) is 0 Å². The second-order valence-electron chi connectivity index (χ2n) is 6.05. The third-order valence-corrected chi connectivity index (χ3v) is 4.59. The number of allylic oxidation sites excluding steroid dienone is 4. The Bertz CT molecular complexity index is 1080. The number of nitrogens with zero attached hydrogens (tertiary/aromatic N) is 3. The number of nitriles is 3. The Balaban J connectivity index is 2.31. The molecule has 0 saturated heterocycles. The van der Waals surface area contributed by atoms with Gasteiger partial charge in [-0.05, 0) is 41.0 Å². The molecule has 0 bridgehead atoms. The molecule has 1 aliphatic carbocycles. The lowest BCUT2D eigenvalue weighted by Crippen LogP contribution is -2.35. The normalized spacial score (nSPS) is 18.0. The Morgan fingerprint density at radius 1 is 0.926 bits per heavy atom. The largest absolute Gasteiger partial charge is 0.399 e. The minimum atomic E-state index is -1.86. The summed E-state index contributed by atoms with van der Waals surface area (Å²) in [5.74, 6) is -1.88. The lowest BCUT2D eigenvalue weighted by molar-refractivity contribution is 0.529. The smallest absolute Gasteiger partial charge is 0.194 e. The summed E-state index contributed by atoms with van der Waals surface area (Å²) in [7, 11) is 0. The monoisotopic (exact) mass is 358 g/mol. The molecule has 0 saturated carbocycles. The van der Waals surface area contributed by atoms with Gasteiger partial charge >= 0.3 is 0 Å². The van der Waals surface area contributed by atoms with Crippen LogP contribution in [0.2, 0.25) is 0 Å². The summed E-state index contributed by atoms with van der Waals surface area (Å²) in [4.78, 5) is 0. The van der Waals surface area contributed by atoms with Crippen LogP contribution in [0, 0.1) is 51.0 Å². The zero-order valence-electron chi connectivity index (χ0n) is 13.9. The first-order valence-corrected chi connectivity index (χ1v) is 7.93. The van der Waals surface area contributed by atoms with E-state index in [-0.39, 0.29) is 11.3 Å². The van der Waals surface area contributed by atoms with Gasteiger partial charge in [-0.3, -0.25) is 0 Å². The van der Waals surface area contributed by atoms with Gasteiger partial charge in [-0.1, -0.05) is 30.3 Å². The van der Waals surface area contributed by atoms with Gasteiger partial charge in [-0.15, -0.1) is 0 Å². The SMILES string of the molecule is N#CC1=C(N)C(C#N)(C#N)C(c2cccc(F)c2)C=C1c1ccc(F)cc1. The van der Waals surface area contributed by atoms with Crippen molar-refractivity contribution in [3.63, 3.8) is 0 Å². The minimum Gasteiger partial charge on any atom is -0.399 e. The van der Waals surface area contributed by atoms with E-state index in [1.165, 1.54) is 42.5 Å². The van der Waals surface area contributed by atoms with Crippen molar-refractivity contribution < 1.29 is 8.78 Å². The number of hydrogen-bond acceptors (Lipinski definition) is 4. The number of rotatable bonds is 2. The van der Waals surface area contributed by atoms with E-state index in [0.29, 0.717) is 16.7 Å². The summed E-state index contributed by atoms with van der Waals surface area (Å²) in [6, 6.07) is 16.7. The van der Waals surface area contributed by atoms with Crippen molar-refractivity contribution in [2.45, 2.75) is 5.92 Å². The Morgan fingerprint density at radius 2 is 1.59 bits per heavy atom. The van der Waals surface area contributed by atoms with Crippen LogP contribution < -0.4 is 5.73 Å². The number of nitrogens with two attached hydrogens (primary N) is 1. The maximum Gasteiger partial charge on any atom is 0.194 e. The molecule has 130 valence electrons. The first-order chi connectivity index (χ1) is 13.0. The average molecular weight is 358 g/mol. The topological polar surface area (TPSA) is 97.4 Å². The van der Waals surface area contributed by atoms with Crippen LogP contribution in [0.4, 0.5) is 8.78 Å². The van der Waals surface area contributed by atoms with Gasteiger partial charge in [-0.2, -0.15) is 15.8 Å². The Labute approximate surface area is 154 Å². The molecular formula is C21H12F2N4. The molecule has 1 aliphatic rings. The van der Waals surface area contributed by atoms with Crippen LogP contribution in [0.1, 0.15) is 17.0 Å².